The zero-order valence-corrected chi connectivity index (χ0v) is 18.5. The quantitative estimate of drug-likeness (QED) is 0.392. The molecular formula is C25H22N4O4. The Morgan fingerprint density at radius 3 is 2.55 bits per heavy atom. The second-order valence-electron chi connectivity index (χ2n) is 7.54. The molecule has 5 aromatic rings. The molecule has 3 aromatic heterocycles. The van der Waals surface area contributed by atoms with Crippen LogP contribution in [0.2, 0.25) is 0 Å². The molecule has 166 valence electrons. The molecule has 0 unspecified atom stereocenters. The summed E-state index contributed by atoms with van der Waals surface area (Å²) >= 11 is 0. The van der Waals surface area contributed by atoms with Crippen molar-refractivity contribution in [2.24, 2.45) is 0 Å². The first-order valence-electron chi connectivity index (χ1n) is 10.4. The van der Waals surface area contributed by atoms with Crippen LogP contribution in [0.15, 0.2) is 76.2 Å². The van der Waals surface area contributed by atoms with E-state index >= 15 is 0 Å². The fourth-order valence-corrected chi connectivity index (χ4v) is 3.73. The summed E-state index contributed by atoms with van der Waals surface area (Å²) in [6.45, 7) is 2.12. The lowest BCUT2D eigenvalue weighted by atomic mass is 10.1. The van der Waals surface area contributed by atoms with Gasteiger partial charge in [-0.05, 0) is 49.4 Å². The van der Waals surface area contributed by atoms with Crippen LogP contribution in [0.4, 0.5) is 0 Å². The molecule has 0 spiro atoms. The van der Waals surface area contributed by atoms with Gasteiger partial charge in [0.1, 0.15) is 28.5 Å². The van der Waals surface area contributed by atoms with Gasteiger partial charge in [-0.2, -0.15) is 5.10 Å². The number of hydrogen-bond donors (Lipinski definition) is 0. The van der Waals surface area contributed by atoms with Crippen LogP contribution in [0.25, 0.3) is 28.2 Å². The van der Waals surface area contributed by atoms with Crippen LogP contribution in [0, 0.1) is 6.92 Å². The predicted octanol–water partition coefficient (Wildman–Crippen LogP) is 4.19. The number of para-hydroxylation sites is 1. The molecule has 0 N–H and O–H groups in total. The van der Waals surface area contributed by atoms with Crippen molar-refractivity contribution in [3.8, 4) is 34.2 Å². The Labute approximate surface area is 189 Å². The monoisotopic (exact) mass is 442 g/mol. The van der Waals surface area contributed by atoms with Crippen molar-refractivity contribution in [1.82, 2.24) is 19.2 Å². The van der Waals surface area contributed by atoms with Crippen LogP contribution in [0.1, 0.15) is 11.5 Å². The van der Waals surface area contributed by atoms with Gasteiger partial charge in [0, 0.05) is 18.0 Å². The predicted molar refractivity (Wildman–Crippen MR) is 124 cm³/mol. The maximum atomic E-state index is 13.2. The van der Waals surface area contributed by atoms with Crippen molar-refractivity contribution in [3.63, 3.8) is 0 Å². The second kappa shape index (κ2) is 8.31. The maximum absolute atomic E-state index is 13.2. The Kier molecular flexibility index (Phi) is 5.18. The number of methoxy groups -OCH3 is 2. The minimum absolute atomic E-state index is 0.161. The van der Waals surface area contributed by atoms with Crippen LogP contribution < -0.4 is 15.0 Å². The Balaban J connectivity index is 1.48. The molecule has 0 amide bonds. The number of oxazole rings is 1. The molecule has 0 saturated heterocycles. The van der Waals surface area contributed by atoms with Gasteiger partial charge in [0.05, 0.1) is 32.0 Å². The minimum Gasteiger partial charge on any atom is -0.497 e. The fourth-order valence-electron chi connectivity index (χ4n) is 3.73. The van der Waals surface area contributed by atoms with Gasteiger partial charge in [-0.3, -0.25) is 4.79 Å². The fraction of sp³-hybridized carbons (Fsp3) is 0.160. The largest absolute Gasteiger partial charge is 0.497 e. The maximum Gasteiger partial charge on any atom is 0.276 e. The van der Waals surface area contributed by atoms with E-state index in [0.717, 1.165) is 16.9 Å². The first-order chi connectivity index (χ1) is 16.1. The van der Waals surface area contributed by atoms with Crippen LogP contribution in [0.3, 0.4) is 0 Å². The van der Waals surface area contributed by atoms with E-state index < -0.39 is 0 Å². The smallest absolute Gasteiger partial charge is 0.276 e. The van der Waals surface area contributed by atoms with Crippen molar-refractivity contribution in [1.29, 1.82) is 0 Å². The third kappa shape index (κ3) is 3.76. The summed E-state index contributed by atoms with van der Waals surface area (Å²) in [5, 5.41) is 4.54. The summed E-state index contributed by atoms with van der Waals surface area (Å²) in [5.41, 5.74) is 3.37. The zero-order chi connectivity index (χ0) is 22.9. The van der Waals surface area contributed by atoms with Gasteiger partial charge in [-0.1, -0.05) is 12.1 Å². The van der Waals surface area contributed by atoms with E-state index in [1.807, 2.05) is 55.5 Å². The normalized spacial score (nSPS) is 11.1. The highest BCUT2D eigenvalue weighted by molar-refractivity contribution is 5.66. The number of aryl methyl sites for hydroxylation is 1. The van der Waals surface area contributed by atoms with Gasteiger partial charge in [0.2, 0.25) is 5.89 Å². The molecule has 0 saturated carbocycles. The average molecular weight is 442 g/mol. The van der Waals surface area contributed by atoms with Gasteiger partial charge in [-0.15, -0.1) is 0 Å². The lowest BCUT2D eigenvalue weighted by Crippen LogP contribution is -2.22. The highest BCUT2D eigenvalue weighted by atomic mass is 16.5. The first-order valence-corrected chi connectivity index (χ1v) is 10.4. The van der Waals surface area contributed by atoms with E-state index in [-0.39, 0.29) is 12.1 Å². The number of benzene rings is 2. The Morgan fingerprint density at radius 1 is 1.00 bits per heavy atom. The van der Waals surface area contributed by atoms with Crippen LogP contribution in [-0.4, -0.2) is 33.4 Å². The Bertz CT molecular complexity index is 1500. The SMILES string of the molecule is COc1ccc(-c2cc3c(=O)n(Cc4nc(-c5ccccc5OC)oc4C)ccn3n2)cc1. The van der Waals surface area contributed by atoms with E-state index in [1.165, 1.54) is 0 Å². The van der Waals surface area contributed by atoms with Crippen molar-refractivity contribution < 1.29 is 13.9 Å². The van der Waals surface area contributed by atoms with Gasteiger partial charge in [0.25, 0.3) is 5.56 Å². The molecule has 0 aliphatic heterocycles. The number of hydrogen-bond acceptors (Lipinski definition) is 6. The van der Waals surface area contributed by atoms with E-state index in [1.54, 1.807) is 41.8 Å². The third-order valence-electron chi connectivity index (χ3n) is 5.54. The lowest BCUT2D eigenvalue weighted by molar-refractivity contribution is 0.414. The third-order valence-corrected chi connectivity index (χ3v) is 5.54. The topological polar surface area (TPSA) is 83.8 Å². The second-order valence-corrected chi connectivity index (χ2v) is 7.54. The van der Waals surface area contributed by atoms with Gasteiger partial charge >= 0.3 is 0 Å². The van der Waals surface area contributed by atoms with E-state index in [9.17, 15) is 4.79 Å². The number of fused-ring (bicyclic) bond motifs is 1. The summed E-state index contributed by atoms with van der Waals surface area (Å²) in [6.07, 6.45) is 3.47. The molecule has 0 atom stereocenters. The van der Waals surface area contributed by atoms with Crippen LogP contribution >= 0.6 is 0 Å². The molecule has 0 bridgehead atoms. The van der Waals surface area contributed by atoms with Crippen molar-refractivity contribution in [3.05, 3.63) is 88.8 Å². The molecule has 8 nitrogen and oxygen atoms in total. The number of ether oxygens (including phenoxy) is 2. The summed E-state index contributed by atoms with van der Waals surface area (Å²) in [5.74, 6) is 2.55. The standard InChI is InChI=1S/C25H22N4O4/c1-16-21(26-24(33-16)19-6-4-5-7-23(19)32-3)15-28-12-13-29-22(25(28)30)14-20(27-29)17-8-10-18(31-2)11-9-17/h4-14H,15H2,1-3H3. The minimum atomic E-state index is -0.161. The van der Waals surface area contributed by atoms with Gasteiger partial charge < -0.3 is 18.5 Å². The number of nitrogens with zero attached hydrogens (tertiary/aromatic N) is 4. The number of aromatic nitrogens is 4. The molecule has 8 heteroatoms. The zero-order valence-electron chi connectivity index (χ0n) is 18.5. The molecule has 3 heterocycles. The van der Waals surface area contributed by atoms with Crippen molar-refractivity contribution in [2.75, 3.05) is 14.2 Å². The molecule has 0 aliphatic carbocycles. The van der Waals surface area contributed by atoms with E-state index in [4.69, 9.17) is 13.9 Å². The van der Waals surface area contributed by atoms with Crippen LogP contribution in [-0.2, 0) is 6.54 Å². The molecule has 0 radical (unpaired) electrons. The summed E-state index contributed by atoms with van der Waals surface area (Å²) < 4.78 is 19.7. The van der Waals surface area contributed by atoms with Crippen LogP contribution in [0.5, 0.6) is 11.5 Å². The first kappa shape index (κ1) is 20.6. The summed E-state index contributed by atoms with van der Waals surface area (Å²) in [6, 6.07) is 16.9. The molecular weight excluding hydrogens is 420 g/mol. The Morgan fingerprint density at radius 2 is 1.79 bits per heavy atom. The molecule has 33 heavy (non-hydrogen) atoms. The van der Waals surface area contributed by atoms with Crippen molar-refractivity contribution >= 4 is 5.52 Å². The summed E-state index contributed by atoms with van der Waals surface area (Å²) in [7, 11) is 3.23. The summed E-state index contributed by atoms with van der Waals surface area (Å²) in [4.78, 5) is 17.8. The van der Waals surface area contributed by atoms with Gasteiger partial charge in [-0.25, -0.2) is 9.50 Å². The molecule has 0 aliphatic rings. The lowest BCUT2D eigenvalue weighted by Gasteiger charge is -2.04. The highest BCUT2D eigenvalue weighted by Gasteiger charge is 2.17. The van der Waals surface area contributed by atoms with E-state index in [0.29, 0.717) is 34.3 Å². The Hall–Kier alpha value is -4.33. The molecule has 5 rings (SSSR count). The number of rotatable bonds is 6. The molecule has 0 fully saturated rings. The van der Waals surface area contributed by atoms with Crippen molar-refractivity contribution in [2.45, 2.75) is 13.5 Å². The molecule has 2 aromatic carbocycles. The van der Waals surface area contributed by atoms with E-state index in [2.05, 4.69) is 10.1 Å². The van der Waals surface area contributed by atoms with Gasteiger partial charge in [0.15, 0.2) is 0 Å². The average Bonchev–Trinajstić information content (AvgIpc) is 3.45. The highest BCUT2D eigenvalue weighted by Crippen LogP contribution is 2.30.